The number of hydrogen-bond acceptors (Lipinski definition) is 1. The summed E-state index contributed by atoms with van der Waals surface area (Å²) in [6.45, 7) is 0.763. The van der Waals surface area contributed by atoms with Crippen molar-refractivity contribution in [3.63, 3.8) is 0 Å². The van der Waals surface area contributed by atoms with Crippen molar-refractivity contribution in [1.29, 1.82) is 0 Å². The number of halogens is 3. The zero-order valence-electron chi connectivity index (χ0n) is 10.7. The van der Waals surface area contributed by atoms with Crippen molar-refractivity contribution >= 4 is 45.8 Å². The van der Waals surface area contributed by atoms with Crippen LogP contribution in [0.3, 0.4) is 0 Å². The Hall–Kier alpha value is -0.290. The van der Waals surface area contributed by atoms with Crippen molar-refractivity contribution in [2.75, 3.05) is 6.61 Å². The Balaban J connectivity index is 2.14. The molecule has 0 bridgehead atoms. The van der Waals surface area contributed by atoms with Gasteiger partial charge in [0.2, 0.25) is 0 Å². The standard InChI is InChI=1S/C16H13Cl2IO/c17-13-5-1-11(2-6-13)16(15(19)9-10-20-16)12-3-7-14(18)8-4-12/h1-8,15H,9-10H2. The highest BCUT2D eigenvalue weighted by Crippen LogP contribution is 2.46. The van der Waals surface area contributed by atoms with Gasteiger partial charge in [0.25, 0.3) is 0 Å². The zero-order valence-corrected chi connectivity index (χ0v) is 14.3. The molecule has 1 nitrogen and oxygen atoms in total. The van der Waals surface area contributed by atoms with Gasteiger partial charge in [0.05, 0.1) is 3.92 Å². The van der Waals surface area contributed by atoms with E-state index in [-0.39, 0.29) is 0 Å². The van der Waals surface area contributed by atoms with E-state index in [1.807, 2.05) is 48.5 Å². The van der Waals surface area contributed by atoms with Gasteiger partial charge < -0.3 is 4.74 Å². The molecule has 2 aromatic rings. The van der Waals surface area contributed by atoms with Gasteiger partial charge in [-0.3, -0.25) is 0 Å². The second kappa shape index (κ2) is 5.84. The number of alkyl halides is 1. The summed E-state index contributed by atoms with van der Waals surface area (Å²) in [5.41, 5.74) is 1.87. The summed E-state index contributed by atoms with van der Waals surface area (Å²) in [6.07, 6.45) is 1.03. The van der Waals surface area contributed by atoms with Crippen molar-refractivity contribution in [3.8, 4) is 0 Å². The molecule has 1 aliphatic rings. The smallest absolute Gasteiger partial charge is 0.130 e. The summed E-state index contributed by atoms with van der Waals surface area (Å²) in [5.74, 6) is 0. The van der Waals surface area contributed by atoms with Crippen molar-refractivity contribution in [1.82, 2.24) is 0 Å². The Labute approximate surface area is 142 Å². The van der Waals surface area contributed by atoms with Crippen molar-refractivity contribution < 1.29 is 4.74 Å². The fraction of sp³-hybridized carbons (Fsp3) is 0.250. The third-order valence-corrected chi connectivity index (χ3v) is 5.69. The first-order valence-corrected chi connectivity index (χ1v) is 8.43. The van der Waals surface area contributed by atoms with Crippen LogP contribution in [0.4, 0.5) is 0 Å². The number of rotatable bonds is 2. The van der Waals surface area contributed by atoms with Crippen molar-refractivity contribution in [2.45, 2.75) is 15.9 Å². The zero-order chi connectivity index (χ0) is 14.2. The van der Waals surface area contributed by atoms with Gasteiger partial charge in [0.1, 0.15) is 5.60 Å². The molecule has 104 valence electrons. The molecular weight excluding hydrogens is 406 g/mol. The molecule has 0 radical (unpaired) electrons. The van der Waals surface area contributed by atoms with Gasteiger partial charge in [-0.1, -0.05) is 70.1 Å². The molecule has 0 amide bonds. The lowest BCUT2D eigenvalue weighted by molar-refractivity contribution is 0.0408. The van der Waals surface area contributed by atoms with E-state index < -0.39 is 5.60 Å². The Morgan fingerprint density at radius 1 is 0.900 bits per heavy atom. The summed E-state index contributed by atoms with van der Waals surface area (Å²) in [6, 6.07) is 15.9. The van der Waals surface area contributed by atoms with E-state index in [4.69, 9.17) is 27.9 Å². The highest BCUT2D eigenvalue weighted by atomic mass is 127. The van der Waals surface area contributed by atoms with E-state index in [1.54, 1.807) is 0 Å². The molecule has 1 atom stereocenters. The highest BCUT2D eigenvalue weighted by molar-refractivity contribution is 14.1. The average molecular weight is 419 g/mol. The van der Waals surface area contributed by atoms with Crippen LogP contribution in [-0.4, -0.2) is 10.5 Å². The van der Waals surface area contributed by atoms with E-state index >= 15 is 0 Å². The maximum absolute atomic E-state index is 6.21. The lowest BCUT2D eigenvalue weighted by Crippen LogP contribution is -2.34. The monoisotopic (exact) mass is 418 g/mol. The van der Waals surface area contributed by atoms with Crippen LogP contribution in [0.1, 0.15) is 17.5 Å². The minimum atomic E-state index is -0.407. The molecule has 0 saturated carbocycles. The van der Waals surface area contributed by atoms with Gasteiger partial charge in [-0.05, 0) is 41.8 Å². The molecule has 0 aromatic heterocycles. The van der Waals surface area contributed by atoms with Gasteiger partial charge in [-0.2, -0.15) is 0 Å². The van der Waals surface area contributed by atoms with Gasteiger partial charge >= 0.3 is 0 Å². The predicted molar refractivity (Wildman–Crippen MR) is 92.1 cm³/mol. The first-order valence-electron chi connectivity index (χ1n) is 6.43. The molecule has 1 aliphatic heterocycles. The van der Waals surface area contributed by atoms with Gasteiger partial charge in [0, 0.05) is 16.7 Å². The molecule has 3 rings (SSSR count). The maximum atomic E-state index is 6.21. The van der Waals surface area contributed by atoms with Crippen LogP contribution in [0.2, 0.25) is 10.0 Å². The van der Waals surface area contributed by atoms with E-state index in [1.165, 1.54) is 0 Å². The molecule has 2 aromatic carbocycles. The fourth-order valence-corrected chi connectivity index (χ4v) is 4.11. The Bertz CT molecular complexity index is 549. The van der Waals surface area contributed by atoms with Crippen LogP contribution >= 0.6 is 45.8 Å². The largest absolute Gasteiger partial charge is 0.364 e. The van der Waals surface area contributed by atoms with E-state index in [0.29, 0.717) is 3.92 Å². The summed E-state index contributed by atoms with van der Waals surface area (Å²) in [5, 5.41) is 1.48. The van der Waals surface area contributed by atoms with Crippen molar-refractivity contribution in [2.24, 2.45) is 0 Å². The maximum Gasteiger partial charge on any atom is 0.130 e. The topological polar surface area (TPSA) is 9.23 Å². The summed E-state index contributed by atoms with van der Waals surface area (Å²) in [7, 11) is 0. The minimum absolute atomic E-state index is 0.377. The summed E-state index contributed by atoms with van der Waals surface area (Å²) in [4.78, 5) is 0. The first-order chi connectivity index (χ1) is 9.63. The third kappa shape index (κ3) is 2.47. The molecule has 1 heterocycles. The predicted octanol–water partition coefficient (Wildman–Crippen LogP) is 5.46. The molecule has 1 saturated heterocycles. The summed E-state index contributed by atoms with van der Waals surface area (Å²) < 4.78 is 6.59. The Morgan fingerprint density at radius 3 is 1.70 bits per heavy atom. The molecule has 0 aliphatic carbocycles. The molecule has 0 N–H and O–H groups in total. The SMILES string of the molecule is Clc1ccc(C2(c3ccc(Cl)cc3)OCCC2I)cc1. The number of ether oxygens (including phenoxy) is 1. The molecule has 1 fully saturated rings. The molecule has 0 spiro atoms. The molecular formula is C16H13Cl2IO. The van der Waals surface area contributed by atoms with Crippen LogP contribution in [0.25, 0.3) is 0 Å². The lowest BCUT2D eigenvalue weighted by Gasteiger charge is -2.33. The average Bonchev–Trinajstić information content (AvgIpc) is 2.83. The second-order valence-electron chi connectivity index (χ2n) is 4.85. The van der Waals surface area contributed by atoms with Crippen LogP contribution < -0.4 is 0 Å². The van der Waals surface area contributed by atoms with Crippen LogP contribution in [-0.2, 0) is 10.3 Å². The highest BCUT2D eigenvalue weighted by Gasteiger charge is 2.45. The third-order valence-electron chi connectivity index (χ3n) is 3.69. The van der Waals surface area contributed by atoms with Crippen LogP contribution in [0.5, 0.6) is 0 Å². The van der Waals surface area contributed by atoms with E-state index in [0.717, 1.165) is 34.2 Å². The normalized spacial score (nSPS) is 21.1. The Kier molecular flexibility index (Phi) is 4.27. The molecule has 20 heavy (non-hydrogen) atoms. The van der Waals surface area contributed by atoms with Crippen LogP contribution in [0.15, 0.2) is 48.5 Å². The summed E-state index contributed by atoms with van der Waals surface area (Å²) >= 11 is 14.5. The quantitative estimate of drug-likeness (QED) is 0.464. The van der Waals surface area contributed by atoms with E-state index in [2.05, 4.69) is 22.6 Å². The van der Waals surface area contributed by atoms with Gasteiger partial charge in [-0.25, -0.2) is 0 Å². The van der Waals surface area contributed by atoms with E-state index in [9.17, 15) is 0 Å². The van der Waals surface area contributed by atoms with Gasteiger partial charge in [0.15, 0.2) is 0 Å². The number of hydrogen-bond donors (Lipinski definition) is 0. The Morgan fingerprint density at radius 2 is 1.35 bits per heavy atom. The first kappa shape index (κ1) is 14.6. The molecule has 1 unspecified atom stereocenters. The fourth-order valence-electron chi connectivity index (χ4n) is 2.71. The number of benzene rings is 2. The van der Waals surface area contributed by atoms with Gasteiger partial charge in [-0.15, -0.1) is 0 Å². The lowest BCUT2D eigenvalue weighted by atomic mass is 9.84. The van der Waals surface area contributed by atoms with Crippen LogP contribution in [0, 0.1) is 0 Å². The molecule has 4 heteroatoms. The second-order valence-corrected chi connectivity index (χ2v) is 7.23. The van der Waals surface area contributed by atoms with Crippen molar-refractivity contribution in [3.05, 3.63) is 69.7 Å². The minimum Gasteiger partial charge on any atom is -0.364 e.